The summed E-state index contributed by atoms with van der Waals surface area (Å²) in [4.78, 5) is 37.3. The second-order valence-corrected chi connectivity index (χ2v) is 8.56. The van der Waals surface area contributed by atoms with E-state index in [9.17, 15) is 18.9 Å². The molecule has 27 heavy (non-hydrogen) atoms. The minimum Gasteiger partial charge on any atom is -0.468 e. The number of nitrogens with one attached hydrogen (secondary N) is 1. The number of hydrogen-bond donors (Lipinski definition) is 1. The Balaban J connectivity index is 3.25. The number of amides is 1. The normalized spacial score (nSPS) is 12.4. The highest BCUT2D eigenvalue weighted by atomic mass is 79.9. The van der Waals surface area contributed by atoms with Crippen molar-refractivity contribution in [3.05, 3.63) is 27.7 Å². The van der Waals surface area contributed by atoms with Gasteiger partial charge >= 0.3 is 13.6 Å². The van der Waals surface area contributed by atoms with Gasteiger partial charge in [-0.25, -0.2) is 0 Å². The van der Waals surface area contributed by atoms with E-state index in [1.165, 1.54) is 13.8 Å². The van der Waals surface area contributed by atoms with Gasteiger partial charge in [-0.2, -0.15) is 0 Å². The number of methoxy groups -OCH3 is 1. The second kappa shape index (κ2) is 10.1. The monoisotopic (exact) mass is 463 g/mol. The fraction of sp³-hybridized carbons (Fsp3) is 0.471. The van der Waals surface area contributed by atoms with Crippen LogP contribution in [-0.4, -0.2) is 43.6 Å². The van der Waals surface area contributed by atoms with Crippen LogP contribution in [0.25, 0.3) is 0 Å². The largest absolute Gasteiger partial charge is 0.468 e. The van der Waals surface area contributed by atoms with Crippen LogP contribution in [0.4, 0.5) is 5.69 Å². The highest BCUT2D eigenvalue weighted by Crippen LogP contribution is 2.53. The minimum atomic E-state index is -4.24. The van der Waals surface area contributed by atoms with E-state index in [0.717, 1.165) is 11.6 Å². The van der Waals surface area contributed by atoms with Crippen molar-refractivity contribution < 1.29 is 32.7 Å². The Morgan fingerprint density at radius 1 is 1.11 bits per heavy atom. The van der Waals surface area contributed by atoms with Crippen LogP contribution in [0.2, 0.25) is 0 Å². The summed E-state index contributed by atoms with van der Waals surface area (Å²) in [7, 11) is -3.22. The number of rotatable bonds is 9. The molecule has 0 aliphatic carbocycles. The van der Waals surface area contributed by atoms with Crippen LogP contribution in [0.1, 0.15) is 25.0 Å². The number of ether oxygens (including phenoxy) is 1. The molecule has 0 spiro atoms. The standard InChI is InChI=1S/C17H23BrNO7P/c1-6-25-27(23,26-7-2)15(17(22)24-5)14(20)16(21)19-13-10(3)8-12(18)9-11(13)4/h8-9,15H,6-7H2,1-5H3,(H,19,21). The number of anilines is 1. The van der Waals surface area contributed by atoms with Gasteiger partial charge in [-0.05, 0) is 51.0 Å². The number of hydrogen-bond acceptors (Lipinski definition) is 7. The van der Waals surface area contributed by atoms with Crippen molar-refractivity contribution in [1.82, 2.24) is 0 Å². The highest BCUT2D eigenvalue weighted by molar-refractivity contribution is 9.10. The summed E-state index contributed by atoms with van der Waals surface area (Å²) in [5.41, 5.74) is -0.174. The van der Waals surface area contributed by atoms with Crippen LogP contribution in [-0.2, 0) is 32.7 Å². The smallest absolute Gasteiger partial charge is 0.353 e. The topological polar surface area (TPSA) is 108 Å². The number of benzene rings is 1. The van der Waals surface area contributed by atoms with Gasteiger partial charge in [-0.3, -0.25) is 18.9 Å². The third kappa shape index (κ3) is 5.72. The number of carbonyl (C=O) groups excluding carboxylic acids is 3. The van der Waals surface area contributed by atoms with E-state index in [1.54, 1.807) is 26.0 Å². The molecular weight excluding hydrogens is 441 g/mol. The van der Waals surface area contributed by atoms with Gasteiger partial charge in [-0.1, -0.05) is 15.9 Å². The molecule has 1 N–H and O–H groups in total. The molecule has 0 saturated carbocycles. The molecule has 0 heterocycles. The first kappa shape index (κ1) is 23.5. The summed E-state index contributed by atoms with van der Waals surface area (Å²) >= 11 is 3.34. The number of halogens is 1. The lowest BCUT2D eigenvalue weighted by Crippen LogP contribution is -2.40. The number of esters is 1. The van der Waals surface area contributed by atoms with Crippen molar-refractivity contribution in [3.63, 3.8) is 0 Å². The maximum atomic E-state index is 12.9. The summed E-state index contributed by atoms with van der Waals surface area (Å²) in [6.07, 6.45) is 0. The van der Waals surface area contributed by atoms with Gasteiger partial charge in [0.15, 0.2) is 0 Å². The molecule has 1 amide bonds. The first-order chi connectivity index (χ1) is 12.6. The van der Waals surface area contributed by atoms with Gasteiger partial charge in [0.1, 0.15) is 0 Å². The predicted octanol–water partition coefficient (Wildman–Crippen LogP) is 3.38. The quantitative estimate of drug-likeness (QED) is 0.258. The third-order valence-electron chi connectivity index (χ3n) is 3.57. The van der Waals surface area contributed by atoms with Crippen LogP contribution in [0.15, 0.2) is 16.6 Å². The average Bonchev–Trinajstić information content (AvgIpc) is 2.57. The van der Waals surface area contributed by atoms with Crippen LogP contribution in [0, 0.1) is 13.8 Å². The maximum Gasteiger partial charge on any atom is 0.353 e. The van der Waals surface area contributed by atoms with Gasteiger partial charge in [0.25, 0.3) is 5.91 Å². The van der Waals surface area contributed by atoms with Gasteiger partial charge in [-0.15, -0.1) is 0 Å². The molecule has 1 aromatic rings. The molecule has 0 radical (unpaired) electrons. The van der Waals surface area contributed by atoms with Crippen molar-refractivity contribution in [2.45, 2.75) is 33.4 Å². The molecule has 0 aliphatic heterocycles. The second-order valence-electron chi connectivity index (χ2n) is 5.53. The third-order valence-corrected chi connectivity index (χ3v) is 6.34. The molecular formula is C17H23BrNO7P. The molecule has 1 unspecified atom stereocenters. The molecule has 0 aromatic heterocycles. The van der Waals surface area contributed by atoms with E-state index in [4.69, 9.17) is 9.05 Å². The summed E-state index contributed by atoms with van der Waals surface area (Å²) in [6.45, 7) is 6.40. The van der Waals surface area contributed by atoms with Crippen LogP contribution < -0.4 is 5.32 Å². The molecule has 1 rings (SSSR count). The first-order valence-corrected chi connectivity index (χ1v) is 10.6. The predicted molar refractivity (Wildman–Crippen MR) is 104 cm³/mol. The van der Waals surface area contributed by atoms with Crippen molar-refractivity contribution in [2.75, 3.05) is 25.6 Å². The molecule has 1 atom stereocenters. The Hall–Kier alpha value is -1.54. The summed E-state index contributed by atoms with van der Waals surface area (Å²) < 4.78 is 28.4. The van der Waals surface area contributed by atoms with Gasteiger partial charge < -0.3 is 19.1 Å². The Morgan fingerprint density at radius 2 is 1.59 bits per heavy atom. The van der Waals surface area contributed by atoms with Gasteiger partial charge in [0, 0.05) is 10.2 Å². The molecule has 0 saturated heterocycles. The van der Waals surface area contributed by atoms with Gasteiger partial charge in [0.2, 0.25) is 11.4 Å². The Kier molecular flexibility index (Phi) is 8.81. The van der Waals surface area contributed by atoms with Gasteiger partial charge in [0.05, 0.1) is 20.3 Å². The van der Waals surface area contributed by atoms with Crippen molar-refractivity contribution in [1.29, 1.82) is 0 Å². The molecule has 150 valence electrons. The molecule has 0 aliphatic rings. The Labute approximate surface area is 166 Å². The Bertz CT molecular complexity index is 748. The zero-order valence-electron chi connectivity index (χ0n) is 15.8. The van der Waals surface area contributed by atoms with Crippen molar-refractivity contribution in [2.24, 2.45) is 0 Å². The summed E-state index contributed by atoms with van der Waals surface area (Å²) in [6, 6.07) is 3.52. The highest BCUT2D eigenvalue weighted by Gasteiger charge is 2.50. The summed E-state index contributed by atoms with van der Waals surface area (Å²) in [5.74, 6) is -3.53. The molecule has 0 fully saturated rings. The average molecular weight is 464 g/mol. The van der Waals surface area contributed by atoms with E-state index in [2.05, 4.69) is 26.0 Å². The Morgan fingerprint density at radius 3 is 2.00 bits per heavy atom. The fourth-order valence-electron chi connectivity index (χ4n) is 2.44. The molecule has 10 heteroatoms. The van der Waals surface area contributed by atoms with Crippen molar-refractivity contribution >= 4 is 46.9 Å². The molecule has 1 aromatic carbocycles. The van der Waals surface area contributed by atoms with Crippen molar-refractivity contribution in [3.8, 4) is 0 Å². The minimum absolute atomic E-state index is 0.0788. The van der Waals surface area contributed by atoms with Crippen LogP contribution in [0.3, 0.4) is 0 Å². The number of carbonyl (C=O) groups is 3. The van der Waals surface area contributed by atoms with E-state index >= 15 is 0 Å². The van der Waals surface area contributed by atoms with Crippen LogP contribution in [0.5, 0.6) is 0 Å². The van der Waals surface area contributed by atoms with Crippen LogP contribution >= 0.6 is 23.5 Å². The number of aryl methyl sites for hydroxylation is 2. The number of Topliss-reactive ketones (excluding diaryl/α,β-unsaturated/α-hetero) is 1. The lowest BCUT2D eigenvalue weighted by Gasteiger charge is -2.23. The molecule has 0 bridgehead atoms. The number of ketones is 1. The SMILES string of the molecule is CCOP(=O)(OCC)C(C(=O)OC)C(=O)C(=O)Nc1c(C)cc(Br)cc1C. The molecule has 8 nitrogen and oxygen atoms in total. The maximum absolute atomic E-state index is 12.9. The van der Waals surface area contributed by atoms with E-state index in [1.807, 2.05) is 0 Å². The summed E-state index contributed by atoms with van der Waals surface area (Å²) in [5, 5.41) is 2.47. The first-order valence-electron chi connectivity index (χ1n) is 8.19. The van der Waals surface area contributed by atoms with E-state index < -0.39 is 30.9 Å². The zero-order valence-corrected chi connectivity index (χ0v) is 18.3. The van der Waals surface area contributed by atoms with E-state index in [-0.39, 0.29) is 13.2 Å². The lowest BCUT2D eigenvalue weighted by atomic mass is 10.1. The zero-order chi connectivity index (χ0) is 20.8. The fourth-order valence-corrected chi connectivity index (χ4v) is 4.99. The lowest BCUT2D eigenvalue weighted by molar-refractivity contribution is -0.146. The van der Waals surface area contributed by atoms with E-state index in [0.29, 0.717) is 16.8 Å².